The third-order valence-electron chi connectivity index (χ3n) is 4.81. The number of non-ortho nitro benzene ring substituents is 1. The summed E-state index contributed by atoms with van der Waals surface area (Å²) in [5, 5.41) is 14.4. The first-order valence-corrected chi connectivity index (χ1v) is 11.2. The van der Waals surface area contributed by atoms with Crippen molar-refractivity contribution in [2.75, 3.05) is 11.1 Å². The highest BCUT2D eigenvalue weighted by molar-refractivity contribution is 7.99. The summed E-state index contributed by atoms with van der Waals surface area (Å²) in [7, 11) is 0. The molecule has 1 N–H and O–H groups in total. The van der Waals surface area contributed by atoms with Crippen LogP contribution in [0.25, 0.3) is 16.6 Å². The third kappa shape index (κ3) is 4.89. The molecule has 4 aromatic rings. The number of para-hydroxylation sites is 1. The van der Waals surface area contributed by atoms with Crippen LogP contribution in [0.4, 0.5) is 11.4 Å². The predicted molar refractivity (Wildman–Crippen MR) is 130 cm³/mol. The number of hydrogen-bond donors (Lipinski definition) is 1. The van der Waals surface area contributed by atoms with E-state index in [1.807, 2.05) is 31.2 Å². The summed E-state index contributed by atoms with van der Waals surface area (Å²) < 4.78 is 1.48. The van der Waals surface area contributed by atoms with Crippen LogP contribution < -0.4 is 10.9 Å². The first-order valence-electron chi connectivity index (χ1n) is 9.79. The maximum atomic E-state index is 13.2. The molecule has 0 atom stereocenters. The van der Waals surface area contributed by atoms with Crippen LogP contribution in [0.15, 0.2) is 76.7 Å². The van der Waals surface area contributed by atoms with Crippen molar-refractivity contribution in [3.8, 4) is 5.69 Å². The molecule has 3 aromatic carbocycles. The van der Waals surface area contributed by atoms with Gasteiger partial charge in [-0.25, -0.2) is 4.98 Å². The van der Waals surface area contributed by atoms with Gasteiger partial charge in [0.2, 0.25) is 5.91 Å². The number of nitrogens with zero attached hydrogens (tertiary/aromatic N) is 3. The normalized spacial score (nSPS) is 10.8. The maximum absolute atomic E-state index is 13.2. The molecule has 0 fully saturated rings. The molecule has 0 saturated carbocycles. The molecule has 1 heterocycles. The molecule has 10 heteroatoms. The average Bonchev–Trinajstić information content (AvgIpc) is 2.80. The highest BCUT2D eigenvalue weighted by atomic mass is 35.5. The van der Waals surface area contributed by atoms with E-state index in [0.717, 1.165) is 17.3 Å². The van der Waals surface area contributed by atoms with Crippen molar-refractivity contribution in [3.05, 3.63) is 97.8 Å². The Balaban J connectivity index is 1.62. The van der Waals surface area contributed by atoms with Crippen molar-refractivity contribution in [2.24, 2.45) is 0 Å². The number of halogens is 1. The molecule has 1 amide bonds. The second kappa shape index (κ2) is 9.43. The Morgan fingerprint density at radius 3 is 2.58 bits per heavy atom. The summed E-state index contributed by atoms with van der Waals surface area (Å²) in [5.74, 6) is -0.446. The standard InChI is InChI=1S/C23H17ClN4O4S/c1-14-6-8-15(9-7-14)27-22(30)17-4-2-3-5-19(17)26-23(27)33-13-21(29)25-20-11-10-16(28(31)32)12-18(20)24/h2-12H,13H2,1H3,(H,25,29). The minimum atomic E-state index is -0.566. The number of hydrogen-bond acceptors (Lipinski definition) is 6. The Hall–Kier alpha value is -3.69. The van der Waals surface area contributed by atoms with Crippen LogP contribution in [-0.4, -0.2) is 26.1 Å². The van der Waals surface area contributed by atoms with E-state index >= 15 is 0 Å². The first kappa shape index (κ1) is 22.5. The molecule has 0 aliphatic carbocycles. The van der Waals surface area contributed by atoms with Gasteiger partial charge in [0, 0.05) is 12.1 Å². The highest BCUT2D eigenvalue weighted by Gasteiger charge is 2.16. The molecule has 0 radical (unpaired) electrons. The second-order valence-corrected chi connectivity index (χ2v) is 8.50. The summed E-state index contributed by atoms with van der Waals surface area (Å²) >= 11 is 7.16. The Morgan fingerprint density at radius 1 is 1.15 bits per heavy atom. The van der Waals surface area contributed by atoms with Crippen LogP contribution in [0.2, 0.25) is 5.02 Å². The molecule has 1 aromatic heterocycles. The molecule has 0 saturated heterocycles. The molecule has 166 valence electrons. The number of fused-ring (bicyclic) bond motifs is 1. The van der Waals surface area contributed by atoms with Crippen molar-refractivity contribution in [3.63, 3.8) is 0 Å². The highest BCUT2D eigenvalue weighted by Crippen LogP contribution is 2.27. The van der Waals surface area contributed by atoms with Gasteiger partial charge in [-0.3, -0.25) is 24.3 Å². The number of nitro benzene ring substituents is 1. The minimum absolute atomic E-state index is 0.0516. The van der Waals surface area contributed by atoms with Gasteiger partial charge in [0.1, 0.15) is 0 Å². The number of benzene rings is 3. The van der Waals surface area contributed by atoms with Gasteiger partial charge >= 0.3 is 0 Å². The molecule has 8 nitrogen and oxygen atoms in total. The lowest BCUT2D eigenvalue weighted by Crippen LogP contribution is -2.23. The van der Waals surface area contributed by atoms with Crippen molar-refractivity contribution in [2.45, 2.75) is 12.1 Å². The third-order valence-corrected chi connectivity index (χ3v) is 6.06. The van der Waals surface area contributed by atoms with E-state index in [-0.39, 0.29) is 27.7 Å². The van der Waals surface area contributed by atoms with Crippen LogP contribution in [0.5, 0.6) is 0 Å². The van der Waals surface area contributed by atoms with Crippen molar-refractivity contribution in [1.29, 1.82) is 0 Å². The molecular weight excluding hydrogens is 464 g/mol. The maximum Gasteiger partial charge on any atom is 0.271 e. The van der Waals surface area contributed by atoms with Crippen molar-refractivity contribution < 1.29 is 9.72 Å². The van der Waals surface area contributed by atoms with Gasteiger partial charge in [-0.05, 0) is 37.3 Å². The smallest absolute Gasteiger partial charge is 0.271 e. The summed E-state index contributed by atoms with van der Waals surface area (Å²) in [5.41, 5.74) is 2.09. The summed E-state index contributed by atoms with van der Waals surface area (Å²) in [6.07, 6.45) is 0. The lowest BCUT2D eigenvalue weighted by Gasteiger charge is -2.13. The van der Waals surface area contributed by atoms with Crippen LogP contribution in [0.1, 0.15) is 5.56 Å². The Bertz CT molecular complexity index is 1440. The van der Waals surface area contributed by atoms with Gasteiger partial charge in [0.25, 0.3) is 11.2 Å². The monoisotopic (exact) mass is 480 g/mol. The van der Waals surface area contributed by atoms with Crippen LogP contribution >= 0.6 is 23.4 Å². The Morgan fingerprint density at radius 2 is 1.88 bits per heavy atom. The van der Waals surface area contributed by atoms with Gasteiger partial charge in [0.05, 0.1) is 38.0 Å². The lowest BCUT2D eigenvalue weighted by atomic mass is 10.2. The number of amides is 1. The Kier molecular flexibility index (Phi) is 6.43. The number of rotatable bonds is 6. The largest absolute Gasteiger partial charge is 0.324 e. The van der Waals surface area contributed by atoms with Crippen molar-refractivity contribution >= 4 is 51.5 Å². The zero-order valence-electron chi connectivity index (χ0n) is 17.3. The molecule has 0 spiro atoms. The van der Waals surface area contributed by atoms with E-state index in [2.05, 4.69) is 10.3 Å². The topological polar surface area (TPSA) is 107 Å². The molecule has 0 aliphatic rings. The number of aromatic nitrogens is 2. The lowest BCUT2D eigenvalue weighted by molar-refractivity contribution is -0.384. The number of nitro groups is 1. The number of nitrogens with one attached hydrogen (secondary N) is 1. The fraction of sp³-hybridized carbons (Fsp3) is 0.0870. The molecular formula is C23H17ClN4O4S. The first-order chi connectivity index (χ1) is 15.8. The van der Waals surface area contributed by atoms with E-state index < -0.39 is 10.8 Å². The quantitative estimate of drug-likeness (QED) is 0.180. The summed E-state index contributed by atoms with van der Waals surface area (Å²) in [6, 6.07) is 18.3. The van der Waals surface area contributed by atoms with E-state index in [1.54, 1.807) is 24.3 Å². The summed E-state index contributed by atoms with van der Waals surface area (Å²) in [6.45, 7) is 1.95. The fourth-order valence-electron chi connectivity index (χ4n) is 3.17. The number of thioether (sulfide) groups is 1. The van der Waals surface area contributed by atoms with Gasteiger partial charge in [-0.2, -0.15) is 0 Å². The van der Waals surface area contributed by atoms with Gasteiger partial charge < -0.3 is 5.32 Å². The predicted octanol–water partition coefficient (Wildman–Crippen LogP) is 4.99. The summed E-state index contributed by atoms with van der Waals surface area (Å²) in [4.78, 5) is 40.7. The number of anilines is 1. The minimum Gasteiger partial charge on any atom is -0.324 e. The fourth-order valence-corrected chi connectivity index (χ4v) is 4.20. The second-order valence-electron chi connectivity index (χ2n) is 7.15. The van der Waals surface area contributed by atoms with Crippen LogP contribution in [-0.2, 0) is 4.79 Å². The van der Waals surface area contributed by atoms with E-state index in [4.69, 9.17) is 11.6 Å². The molecule has 33 heavy (non-hydrogen) atoms. The zero-order valence-corrected chi connectivity index (χ0v) is 18.9. The van der Waals surface area contributed by atoms with E-state index in [9.17, 15) is 19.7 Å². The molecule has 4 rings (SSSR count). The number of carbonyl (C=O) groups is 1. The molecule has 0 unspecified atom stereocenters. The van der Waals surface area contributed by atoms with Gasteiger partial charge in [-0.1, -0.05) is 53.2 Å². The van der Waals surface area contributed by atoms with Crippen LogP contribution in [0, 0.1) is 17.0 Å². The van der Waals surface area contributed by atoms with E-state index in [1.165, 1.54) is 22.8 Å². The zero-order chi connectivity index (χ0) is 23.5. The number of aryl methyl sites for hydroxylation is 1. The van der Waals surface area contributed by atoms with Crippen molar-refractivity contribution in [1.82, 2.24) is 9.55 Å². The van der Waals surface area contributed by atoms with Crippen LogP contribution in [0.3, 0.4) is 0 Å². The SMILES string of the molecule is Cc1ccc(-n2c(SCC(=O)Nc3ccc([N+](=O)[O-])cc3Cl)nc3ccccc3c2=O)cc1. The van der Waals surface area contributed by atoms with Gasteiger partial charge in [-0.15, -0.1) is 0 Å². The Labute approximate surface area is 197 Å². The number of carbonyl (C=O) groups excluding carboxylic acids is 1. The van der Waals surface area contributed by atoms with Gasteiger partial charge in [0.15, 0.2) is 5.16 Å². The van der Waals surface area contributed by atoms with E-state index in [0.29, 0.717) is 21.7 Å². The molecule has 0 bridgehead atoms. The average molecular weight is 481 g/mol. The molecule has 0 aliphatic heterocycles.